The number of aryl methyl sites for hydroxylation is 1. The largest absolute Gasteiger partial charge is 0.464 e. The first kappa shape index (κ1) is 20.2. The summed E-state index contributed by atoms with van der Waals surface area (Å²) in [6.45, 7) is 1.81. The summed E-state index contributed by atoms with van der Waals surface area (Å²) in [6, 6.07) is 8.95. The van der Waals surface area contributed by atoms with Gasteiger partial charge in [-0.15, -0.1) is 0 Å². The molecule has 0 saturated heterocycles. The van der Waals surface area contributed by atoms with Crippen molar-refractivity contribution < 1.29 is 31.7 Å². The summed E-state index contributed by atoms with van der Waals surface area (Å²) in [7, 11) is -2.09. The maximum atomic E-state index is 12.8. The molecule has 0 unspecified atom stereocenters. The van der Waals surface area contributed by atoms with Crippen LogP contribution < -0.4 is 4.18 Å². The highest BCUT2D eigenvalue weighted by atomic mass is 32.2. The summed E-state index contributed by atoms with van der Waals surface area (Å²) in [6.07, 6.45) is 1.36. The quantitative estimate of drug-likeness (QED) is 0.455. The molecule has 10 heteroatoms. The molecule has 1 aromatic carbocycles. The number of carbonyl (C=O) groups is 2. The number of pyridine rings is 2. The summed E-state index contributed by atoms with van der Waals surface area (Å²) in [5.41, 5.74) is 0.0558. The monoisotopic (exact) mass is 416 g/mol. The standard InChI is InChI=1S/C19H16N2O7S/c1-11-6-8-12(9-7-11)29(24,25)28-17-14-13(5-4-10-20-14)15(18(22)26-2)21-16(17)19(23)27-3/h4-10H,1-3H3. The predicted molar refractivity (Wildman–Crippen MR) is 101 cm³/mol. The van der Waals surface area contributed by atoms with Gasteiger partial charge in [-0.25, -0.2) is 14.6 Å². The summed E-state index contributed by atoms with van der Waals surface area (Å²) in [5, 5.41) is 0.154. The first-order valence-electron chi connectivity index (χ1n) is 8.25. The Labute approximate surface area is 166 Å². The average molecular weight is 416 g/mol. The van der Waals surface area contributed by atoms with E-state index < -0.39 is 33.5 Å². The van der Waals surface area contributed by atoms with E-state index in [-0.39, 0.29) is 21.5 Å². The number of ether oxygens (including phenoxy) is 2. The summed E-state index contributed by atoms with van der Waals surface area (Å²) < 4.78 is 40.2. The van der Waals surface area contributed by atoms with E-state index in [0.29, 0.717) is 0 Å². The van der Waals surface area contributed by atoms with Crippen LogP contribution in [0.1, 0.15) is 26.5 Å². The lowest BCUT2D eigenvalue weighted by atomic mass is 10.1. The molecule has 0 amide bonds. The minimum atomic E-state index is -4.33. The minimum Gasteiger partial charge on any atom is -0.464 e. The number of esters is 2. The minimum absolute atomic E-state index is 0.0565. The van der Waals surface area contributed by atoms with Crippen LogP contribution in [0.25, 0.3) is 10.9 Å². The van der Waals surface area contributed by atoms with Crippen LogP contribution in [0.15, 0.2) is 47.5 Å². The Morgan fingerprint density at radius 2 is 1.55 bits per heavy atom. The molecule has 3 aromatic rings. The summed E-state index contributed by atoms with van der Waals surface area (Å²) in [4.78, 5) is 32.3. The molecule has 0 bridgehead atoms. The number of aromatic nitrogens is 2. The first-order chi connectivity index (χ1) is 13.8. The van der Waals surface area contributed by atoms with Crippen molar-refractivity contribution in [3.8, 4) is 5.75 Å². The van der Waals surface area contributed by atoms with Crippen molar-refractivity contribution in [1.82, 2.24) is 9.97 Å². The molecule has 29 heavy (non-hydrogen) atoms. The maximum Gasteiger partial charge on any atom is 0.360 e. The number of carbonyl (C=O) groups excluding carboxylic acids is 2. The lowest BCUT2D eigenvalue weighted by Gasteiger charge is -2.14. The molecule has 0 saturated carbocycles. The molecule has 2 heterocycles. The van der Waals surface area contributed by atoms with E-state index in [4.69, 9.17) is 8.92 Å². The molecule has 3 rings (SSSR count). The first-order valence-corrected chi connectivity index (χ1v) is 9.66. The van der Waals surface area contributed by atoms with Crippen molar-refractivity contribution in [2.75, 3.05) is 14.2 Å². The molecule has 0 aliphatic heterocycles. The van der Waals surface area contributed by atoms with E-state index in [1.807, 2.05) is 0 Å². The van der Waals surface area contributed by atoms with E-state index in [2.05, 4.69) is 14.7 Å². The molecule has 0 aliphatic carbocycles. The van der Waals surface area contributed by atoms with Crippen LogP contribution in [0.4, 0.5) is 0 Å². The van der Waals surface area contributed by atoms with Gasteiger partial charge in [0.05, 0.1) is 14.2 Å². The molecule has 0 N–H and O–H groups in total. The molecular formula is C19H16N2O7S. The number of hydrogen-bond acceptors (Lipinski definition) is 9. The second-order valence-corrected chi connectivity index (χ2v) is 7.42. The van der Waals surface area contributed by atoms with Gasteiger partial charge < -0.3 is 13.7 Å². The third kappa shape index (κ3) is 3.87. The fraction of sp³-hybridized carbons (Fsp3) is 0.158. The molecule has 150 valence electrons. The SMILES string of the molecule is COC(=O)c1nc(C(=O)OC)c2cccnc2c1OS(=O)(=O)c1ccc(C)cc1. The molecule has 0 radical (unpaired) electrons. The third-order valence-electron chi connectivity index (χ3n) is 3.98. The number of benzene rings is 1. The highest BCUT2D eigenvalue weighted by molar-refractivity contribution is 7.87. The van der Waals surface area contributed by atoms with Crippen LogP contribution >= 0.6 is 0 Å². The Balaban J connectivity index is 2.27. The molecule has 0 aliphatic rings. The van der Waals surface area contributed by atoms with Crippen molar-refractivity contribution in [3.05, 3.63) is 59.5 Å². The Bertz CT molecular complexity index is 1210. The van der Waals surface area contributed by atoms with Crippen molar-refractivity contribution in [3.63, 3.8) is 0 Å². The van der Waals surface area contributed by atoms with Gasteiger partial charge in [0, 0.05) is 11.6 Å². The highest BCUT2D eigenvalue weighted by Gasteiger charge is 2.29. The van der Waals surface area contributed by atoms with Crippen LogP contribution in [-0.4, -0.2) is 44.5 Å². The molecule has 2 aromatic heterocycles. The van der Waals surface area contributed by atoms with E-state index in [9.17, 15) is 18.0 Å². The second-order valence-electron chi connectivity index (χ2n) is 5.87. The number of methoxy groups -OCH3 is 2. The average Bonchev–Trinajstić information content (AvgIpc) is 2.73. The van der Waals surface area contributed by atoms with E-state index in [0.717, 1.165) is 19.8 Å². The molecule has 0 atom stereocenters. The smallest absolute Gasteiger partial charge is 0.360 e. The number of nitrogens with zero attached hydrogens (tertiary/aromatic N) is 2. The normalized spacial score (nSPS) is 11.1. The second kappa shape index (κ2) is 7.84. The number of rotatable bonds is 5. The van der Waals surface area contributed by atoms with Crippen molar-refractivity contribution in [2.45, 2.75) is 11.8 Å². The molecule has 0 fully saturated rings. The maximum absolute atomic E-state index is 12.8. The van der Waals surface area contributed by atoms with Gasteiger partial charge in [-0.05, 0) is 31.2 Å². The Kier molecular flexibility index (Phi) is 5.46. The Morgan fingerprint density at radius 1 is 0.931 bits per heavy atom. The van der Waals surface area contributed by atoms with Crippen LogP contribution in [0.2, 0.25) is 0 Å². The van der Waals surface area contributed by atoms with Gasteiger partial charge in [0.1, 0.15) is 10.4 Å². The molecular weight excluding hydrogens is 400 g/mol. The van der Waals surface area contributed by atoms with Gasteiger partial charge in [-0.2, -0.15) is 8.42 Å². The molecule has 0 spiro atoms. The van der Waals surface area contributed by atoms with Gasteiger partial charge in [0.2, 0.25) is 5.75 Å². The van der Waals surface area contributed by atoms with Gasteiger partial charge in [0.25, 0.3) is 0 Å². The fourth-order valence-corrected chi connectivity index (χ4v) is 3.48. The zero-order valence-corrected chi connectivity index (χ0v) is 16.5. The van der Waals surface area contributed by atoms with Crippen molar-refractivity contribution >= 4 is 33.0 Å². The van der Waals surface area contributed by atoms with Crippen molar-refractivity contribution in [1.29, 1.82) is 0 Å². The fourth-order valence-electron chi connectivity index (χ4n) is 2.54. The zero-order valence-electron chi connectivity index (χ0n) is 15.7. The highest BCUT2D eigenvalue weighted by Crippen LogP contribution is 2.32. The predicted octanol–water partition coefficient (Wildman–Crippen LogP) is 2.28. The van der Waals surface area contributed by atoms with Gasteiger partial charge >= 0.3 is 22.1 Å². The topological polar surface area (TPSA) is 122 Å². The van der Waals surface area contributed by atoms with E-state index >= 15 is 0 Å². The van der Waals surface area contributed by atoms with Crippen LogP contribution in [-0.2, 0) is 19.6 Å². The number of hydrogen-bond donors (Lipinski definition) is 0. The van der Waals surface area contributed by atoms with Crippen LogP contribution in [0, 0.1) is 6.92 Å². The summed E-state index contributed by atoms with van der Waals surface area (Å²) in [5.74, 6) is -2.28. The summed E-state index contributed by atoms with van der Waals surface area (Å²) >= 11 is 0. The Hall–Kier alpha value is -3.53. The van der Waals surface area contributed by atoms with Crippen LogP contribution in [0.3, 0.4) is 0 Å². The number of fused-ring (bicyclic) bond motifs is 1. The lowest BCUT2D eigenvalue weighted by Crippen LogP contribution is -2.17. The van der Waals surface area contributed by atoms with E-state index in [1.165, 1.54) is 30.5 Å². The van der Waals surface area contributed by atoms with Gasteiger partial charge in [0.15, 0.2) is 11.4 Å². The zero-order chi connectivity index (χ0) is 21.2. The molecule has 9 nitrogen and oxygen atoms in total. The third-order valence-corrected chi connectivity index (χ3v) is 5.21. The Morgan fingerprint density at radius 3 is 2.17 bits per heavy atom. The van der Waals surface area contributed by atoms with Gasteiger partial charge in [-0.1, -0.05) is 17.7 Å². The lowest BCUT2D eigenvalue weighted by molar-refractivity contribution is 0.0586. The van der Waals surface area contributed by atoms with E-state index in [1.54, 1.807) is 19.1 Å². The van der Waals surface area contributed by atoms with Crippen LogP contribution in [0.5, 0.6) is 5.75 Å². The van der Waals surface area contributed by atoms with Gasteiger partial charge in [-0.3, -0.25) is 4.98 Å². The van der Waals surface area contributed by atoms with Crippen molar-refractivity contribution in [2.24, 2.45) is 0 Å².